The number of halogens is 3. The number of sulfone groups is 1. The van der Waals surface area contributed by atoms with Crippen LogP contribution in [0.1, 0.15) is 18.4 Å². The molecule has 4 rings (SSSR count). The zero-order valence-corrected chi connectivity index (χ0v) is 17.5. The van der Waals surface area contributed by atoms with Crippen molar-refractivity contribution in [2.75, 3.05) is 10.2 Å². The number of amides is 5. The first kappa shape index (κ1) is 22.5. The fraction of sp³-hybridized carbons (Fsp3) is 0.263. The summed E-state index contributed by atoms with van der Waals surface area (Å²) in [5.41, 5.74) is -0.996. The van der Waals surface area contributed by atoms with Crippen LogP contribution in [0.5, 0.6) is 0 Å². The number of anilines is 2. The summed E-state index contributed by atoms with van der Waals surface area (Å²) in [6.45, 7) is -0.00241. The van der Waals surface area contributed by atoms with E-state index in [2.05, 4.69) is 10.3 Å². The third-order valence-electron chi connectivity index (χ3n) is 5.39. The van der Waals surface area contributed by atoms with Crippen molar-refractivity contribution < 1.29 is 36.0 Å². The molecular weight excluding hydrogens is 467 g/mol. The molecule has 2 aromatic rings. The first-order chi connectivity index (χ1) is 15.4. The Hall–Kier alpha value is -3.68. The molecule has 1 aliphatic heterocycles. The van der Waals surface area contributed by atoms with Gasteiger partial charge in [0.25, 0.3) is 15.7 Å². The monoisotopic (exact) mass is 483 g/mol. The topological polar surface area (TPSA) is 143 Å². The molecular formula is C19H16F3N5O5S. The Bertz CT molecular complexity index is 1260. The van der Waals surface area contributed by atoms with Gasteiger partial charge in [-0.05, 0) is 54.8 Å². The number of benzene rings is 1. The van der Waals surface area contributed by atoms with Gasteiger partial charge in [-0.2, -0.15) is 13.2 Å². The van der Waals surface area contributed by atoms with E-state index in [9.17, 15) is 36.0 Å². The van der Waals surface area contributed by atoms with Crippen LogP contribution in [0.4, 0.5) is 34.3 Å². The van der Waals surface area contributed by atoms with Gasteiger partial charge in [0.15, 0.2) is 0 Å². The van der Waals surface area contributed by atoms with E-state index in [-0.39, 0.29) is 18.1 Å². The molecule has 10 nitrogen and oxygen atoms in total. The highest BCUT2D eigenvalue weighted by Crippen LogP contribution is 2.49. The number of primary amides is 1. The van der Waals surface area contributed by atoms with Crippen molar-refractivity contribution in [2.24, 2.45) is 5.73 Å². The summed E-state index contributed by atoms with van der Waals surface area (Å²) in [7, 11) is -5.56. The van der Waals surface area contributed by atoms with E-state index in [1.54, 1.807) is 6.07 Å². The highest BCUT2D eigenvalue weighted by Gasteiger charge is 2.65. The normalized spacial score (nSPS) is 17.5. The predicted molar refractivity (Wildman–Crippen MR) is 108 cm³/mol. The van der Waals surface area contributed by atoms with Crippen LogP contribution in [-0.2, 0) is 21.2 Å². The second-order valence-corrected chi connectivity index (χ2v) is 9.46. The molecule has 1 aromatic heterocycles. The van der Waals surface area contributed by atoms with Crippen molar-refractivity contribution in [1.29, 1.82) is 0 Å². The van der Waals surface area contributed by atoms with Crippen molar-refractivity contribution in [3.05, 3.63) is 48.2 Å². The van der Waals surface area contributed by atoms with Crippen LogP contribution >= 0.6 is 0 Å². The van der Waals surface area contributed by atoms with Gasteiger partial charge in [0.2, 0.25) is 0 Å². The van der Waals surface area contributed by atoms with Gasteiger partial charge >= 0.3 is 17.6 Å². The number of urea groups is 2. The Kier molecular flexibility index (Phi) is 5.07. The van der Waals surface area contributed by atoms with Crippen molar-refractivity contribution in [3.8, 4) is 0 Å². The Labute approximate surface area is 185 Å². The molecule has 1 aliphatic carbocycles. The molecule has 1 spiro atoms. The molecule has 14 heteroatoms. The number of carbonyl (C=O) groups is 3. The van der Waals surface area contributed by atoms with Gasteiger partial charge in [0, 0.05) is 12.7 Å². The van der Waals surface area contributed by atoms with Gasteiger partial charge in [-0.15, -0.1) is 0 Å². The fourth-order valence-electron chi connectivity index (χ4n) is 3.62. The van der Waals surface area contributed by atoms with Gasteiger partial charge in [0.05, 0.1) is 10.6 Å². The highest BCUT2D eigenvalue weighted by molar-refractivity contribution is 7.92. The van der Waals surface area contributed by atoms with Crippen molar-refractivity contribution in [3.63, 3.8) is 0 Å². The summed E-state index contributed by atoms with van der Waals surface area (Å²) in [5.74, 6) is -0.399. The number of aromatic nitrogens is 1. The SMILES string of the molecule is NC(=O)Nc1cc(CN2C(=O)N(c3ccc(S(=O)(=O)C(F)(F)F)cc3)C(=O)C23CC3)ccn1. The van der Waals surface area contributed by atoms with Gasteiger partial charge in [-0.25, -0.2) is 27.9 Å². The molecule has 174 valence electrons. The molecule has 0 atom stereocenters. The summed E-state index contributed by atoms with van der Waals surface area (Å²) < 4.78 is 61.4. The molecule has 0 bridgehead atoms. The largest absolute Gasteiger partial charge is 0.501 e. The molecule has 1 aromatic carbocycles. The average molecular weight is 483 g/mol. The maximum atomic E-state index is 13.1. The minimum Gasteiger partial charge on any atom is -0.351 e. The van der Waals surface area contributed by atoms with Crippen LogP contribution in [0.15, 0.2) is 47.5 Å². The second-order valence-electron chi connectivity index (χ2n) is 7.52. The standard InChI is InChI=1S/C19H16F3N5O5S/c20-19(21,22)33(31,32)13-3-1-12(2-4-13)27-15(28)18(6-7-18)26(17(27)30)10-11-5-8-24-14(9-11)25-16(23)29/h1-5,8-9H,6-7,10H2,(H3,23,24,25,29). The number of carbonyl (C=O) groups excluding carboxylic acids is 3. The Morgan fingerprint density at radius 2 is 1.79 bits per heavy atom. The zero-order chi connectivity index (χ0) is 24.2. The van der Waals surface area contributed by atoms with E-state index >= 15 is 0 Å². The molecule has 5 amide bonds. The number of alkyl halides is 3. The number of nitrogens with one attached hydrogen (secondary N) is 1. The van der Waals surface area contributed by atoms with Gasteiger partial charge < -0.3 is 10.6 Å². The molecule has 3 N–H and O–H groups in total. The maximum Gasteiger partial charge on any atom is 0.501 e. The molecule has 33 heavy (non-hydrogen) atoms. The molecule has 2 fully saturated rings. The maximum absolute atomic E-state index is 13.1. The third kappa shape index (κ3) is 3.75. The van der Waals surface area contributed by atoms with Gasteiger partial charge in [-0.3, -0.25) is 10.1 Å². The van der Waals surface area contributed by atoms with Crippen LogP contribution in [-0.4, -0.2) is 47.3 Å². The molecule has 1 saturated heterocycles. The summed E-state index contributed by atoms with van der Waals surface area (Å²) in [4.78, 5) is 42.3. The number of pyridine rings is 1. The van der Waals surface area contributed by atoms with E-state index in [1.807, 2.05) is 0 Å². The van der Waals surface area contributed by atoms with E-state index in [0.717, 1.165) is 17.0 Å². The van der Waals surface area contributed by atoms with E-state index in [1.165, 1.54) is 17.2 Å². The number of nitrogens with two attached hydrogens (primary N) is 1. The van der Waals surface area contributed by atoms with Crippen LogP contribution in [0.2, 0.25) is 0 Å². The summed E-state index contributed by atoms with van der Waals surface area (Å²) in [6.07, 6.45) is 2.18. The lowest BCUT2D eigenvalue weighted by Crippen LogP contribution is -2.36. The molecule has 1 saturated carbocycles. The molecule has 2 aliphatic rings. The van der Waals surface area contributed by atoms with Crippen molar-refractivity contribution in [2.45, 2.75) is 35.3 Å². The lowest BCUT2D eigenvalue weighted by Gasteiger charge is -2.21. The Morgan fingerprint density at radius 3 is 2.33 bits per heavy atom. The number of nitrogens with zero attached hydrogens (tertiary/aromatic N) is 3. The fourth-order valence-corrected chi connectivity index (χ4v) is 4.38. The van der Waals surface area contributed by atoms with Crippen molar-refractivity contribution in [1.82, 2.24) is 9.88 Å². The molecule has 2 heterocycles. The molecule has 0 unspecified atom stereocenters. The van der Waals surface area contributed by atoms with Crippen LogP contribution < -0.4 is 16.0 Å². The van der Waals surface area contributed by atoms with Gasteiger partial charge in [0.1, 0.15) is 11.4 Å². The van der Waals surface area contributed by atoms with Crippen LogP contribution in [0.3, 0.4) is 0 Å². The third-order valence-corrected chi connectivity index (χ3v) is 6.89. The average Bonchev–Trinajstić information content (AvgIpc) is 3.50. The first-order valence-electron chi connectivity index (χ1n) is 9.46. The van der Waals surface area contributed by atoms with E-state index in [0.29, 0.717) is 30.5 Å². The Morgan fingerprint density at radius 1 is 1.15 bits per heavy atom. The number of imide groups is 1. The number of rotatable bonds is 5. The van der Waals surface area contributed by atoms with Crippen molar-refractivity contribution >= 4 is 39.3 Å². The number of hydrogen-bond acceptors (Lipinski definition) is 6. The second kappa shape index (κ2) is 7.43. The quantitative estimate of drug-likeness (QED) is 0.625. The lowest BCUT2D eigenvalue weighted by molar-refractivity contribution is -0.120. The predicted octanol–water partition coefficient (Wildman–Crippen LogP) is 2.37. The van der Waals surface area contributed by atoms with E-state index in [4.69, 9.17) is 5.73 Å². The summed E-state index contributed by atoms with van der Waals surface area (Å²) >= 11 is 0. The smallest absolute Gasteiger partial charge is 0.351 e. The minimum atomic E-state index is -5.56. The van der Waals surface area contributed by atoms with Crippen LogP contribution in [0, 0.1) is 0 Å². The lowest BCUT2D eigenvalue weighted by atomic mass is 10.2. The molecule has 0 radical (unpaired) electrons. The van der Waals surface area contributed by atoms with E-state index < -0.39 is 43.7 Å². The zero-order valence-electron chi connectivity index (χ0n) is 16.7. The summed E-state index contributed by atoms with van der Waals surface area (Å²) in [6, 6.07) is 4.90. The number of hydrogen-bond donors (Lipinski definition) is 2. The first-order valence-corrected chi connectivity index (χ1v) is 10.9. The highest BCUT2D eigenvalue weighted by atomic mass is 32.2. The minimum absolute atomic E-state index is 0.00241. The van der Waals surface area contributed by atoms with Crippen LogP contribution in [0.25, 0.3) is 0 Å². The Balaban J connectivity index is 1.61. The summed E-state index contributed by atoms with van der Waals surface area (Å²) in [5, 5.41) is 2.31. The van der Waals surface area contributed by atoms with Gasteiger partial charge in [-0.1, -0.05) is 0 Å².